The van der Waals surface area contributed by atoms with Crippen molar-refractivity contribution in [2.75, 3.05) is 34.2 Å². The van der Waals surface area contributed by atoms with Gasteiger partial charge in [-0.15, -0.1) is 0 Å². The van der Waals surface area contributed by atoms with Crippen molar-refractivity contribution >= 4 is 15.2 Å². The first-order chi connectivity index (χ1) is 7.39. The first-order valence-corrected chi connectivity index (χ1v) is 7.57. The van der Waals surface area contributed by atoms with Crippen LogP contribution in [-0.2, 0) is 23.3 Å². The molecular formula is C9H18BO5P. The molecule has 92 valence electrons. The average molecular weight is 248 g/mol. The number of rotatable bonds is 5. The molecule has 2 radical (unpaired) electrons. The second-order valence-corrected chi connectivity index (χ2v) is 6.83. The van der Waals surface area contributed by atoms with E-state index < -0.39 is 25.6 Å². The summed E-state index contributed by atoms with van der Waals surface area (Å²) in [6, 6.07) is -0.582. The van der Waals surface area contributed by atoms with Crippen molar-refractivity contribution < 1.29 is 23.3 Å². The van der Waals surface area contributed by atoms with Crippen molar-refractivity contribution in [3.8, 4) is 0 Å². The smallest absolute Gasteiger partial charge is 0.197 e. The number of hydrogen-bond acceptors (Lipinski definition) is 5. The summed E-state index contributed by atoms with van der Waals surface area (Å²) in [7, 11) is 6.21. The Morgan fingerprint density at radius 1 is 1.31 bits per heavy atom. The SMILES string of the molecule is [B][C@@H]1O[C@H](COC)C(OP(C)(C)=O)[C@@H]1OC. The summed E-state index contributed by atoms with van der Waals surface area (Å²) in [5.74, 6) is 0. The lowest BCUT2D eigenvalue weighted by atomic mass is 9.93. The van der Waals surface area contributed by atoms with E-state index in [0.717, 1.165) is 0 Å². The molecule has 0 bridgehead atoms. The standard InChI is InChI=1S/C9H18BO5P/c1-12-5-6-7(15-16(3,4)11)8(13-2)9(10)14-6/h6-9H,5H2,1-4H3/t6-,7?,8+,9-/m1/s1. The average Bonchev–Trinajstić information content (AvgIpc) is 2.41. The van der Waals surface area contributed by atoms with E-state index in [1.165, 1.54) is 7.11 Å². The fourth-order valence-corrected chi connectivity index (χ4v) is 2.58. The lowest BCUT2D eigenvalue weighted by molar-refractivity contribution is -0.0121. The van der Waals surface area contributed by atoms with E-state index >= 15 is 0 Å². The molecule has 0 amide bonds. The van der Waals surface area contributed by atoms with Crippen LogP contribution in [0, 0.1) is 0 Å². The maximum atomic E-state index is 11.7. The van der Waals surface area contributed by atoms with Gasteiger partial charge in [0, 0.05) is 33.6 Å². The van der Waals surface area contributed by atoms with Gasteiger partial charge < -0.3 is 18.7 Å². The highest BCUT2D eigenvalue weighted by Crippen LogP contribution is 2.43. The molecule has 1 fully saturated rings. The van der Waals surface area contributed by atoms with Crippen molar-refractivity contribution in [3.63, 3.8) is 0 Å². The molecule has 0 spiro atoms. The maximum absolute atomic E-state index is 11.7. The van der Waals surface area contributed by atoms with Gasteiger partial charge >= 0.3 is 0 Å². The van der Waals surface area contributed by atoms with Crippen LogP contribution in [0.5, 0.6) is 0 Å². The Balaban J connectivity index is 2.75. The van der Waals surface area contributed by atoms with Crippen LogP contribution in [0.25, 0.3) is 0 Å². The molecule has 1 unspecified atom stereocenters. The van der Waals surface area contributed by atoms with Crippen molar-refractivity contribution in [1.29, 1.82) is 0 Å². The summed E-state index contributed by atoms with van der Waals surface area (Å²) in [6.07, 6.45) is -1.23. The highest BCUT2D eigenvalue weighted by molar-refractivity contribution is 7.57. The summed E-state index contributed by atoms with van der Waals surface area (Å²) in [5, 5.41) is 0. The van der Waals surface area contributed by atoms with Crippen molar-refractivity contribution in [2.24, 2.45) is 0 Å². The zero-order valence-electron chi connectivity index (χ0n) is 10.1. The molecule has 7 heteroatoms. The zero-order chi connectivity index (χ0) is 12.3. The van der Waals surface area contributed by atoms with Crippen LogP contribution in [0.2, 0.25) is 0 Å². The normalized spacial score (nSPS) is 35.5. The third kappa shape index (κ3) is 3.57. The predicted molar refractivity (Wildman–Crippen MR) is 61.4 cm³/mol. The Hall–Kier alpha value is 0.135. The Bertz CT molecular complexity index is 269. The minimum atomic E-state index is -2.62. The lowest BCUT2D eigenvalue weighted by Gasteiger charge is -2.24. The van der Waals surface area contributed by atoms with E-state index in [-0.39, 0.29) is 6.10 Å². The highest BCUT2D eigenvalue weighted by atomic mass is 31.2. The molecule has 5 nitrogen and oxygen atoms in total. The molecule has 0 aromatic carbocycles. The van der Waals surface area contributed by atoms with E-state index in [1.54, 1.807) is 20.4 Å². The van der Waals surface area contributed by atoms with Crippen molar-refractivity contribution in [1.82, 2.24) is 0 Å². The lowest BCUT2D eigenvalue weighted by Crippen LogP contribution is -2.37. The van der Waals surface area contributed by atoms with Crippen LogP contribution in [0.3, 0.4) is 0 Å². The Kier molecular flexibility index (Phi) is 5.01. The van der Waals surface area contributed by atoms with E-state index in [0.29, 0.717) is 6.61 Å². The molecule has 1 aliphatic heterocycles. The molecule has 0 saturated carbocycles. The molecule has 1 saturated heterocycles. The summed E-state index contributed by atoms with van der Waals surface area (Å²) < 4.78 is 32.8. The zero-order valence-corrected chi connectivity index (χ0v) is 11.0. The number of hydrogen-bond donors (Lipinski definition) is 0. The highest BCUT2D eigenvalue weighted by Gasteiger charge is 2.44. The summed E-state index contributed by atoms with van der Waals surface area (Å²) >= 11 is 0. The minimum Gasteiger partial charge on any atom is -0.382 e. The van der Waals surface area contributed by atoms with Crippen LogP contribution in [0.15, 0.2) is 0 Å². The largest absolute Gasteiger partial charge is 0.382 e. The van der Waals surface area contributed by atoms with E-state index in [4.69, 9.17) is 26.6 Å². The maximum Gasteiger partial charge on any atom is 0.197 e. The molecular weight excluding hydrogens is 230 g/mol. The van der Waals surface area contributed by atoms with Crippen LogP contribution < -0.4 is 0 Å². The first-order valence-electron chi connectivity index (χ1n) is 5.05. The van der Waals surface area contributed by atoms with Gasteiger partial charge in [0.2, 0.25) is 0 Å². The fraction of sp³-hybridized carbons (Fsp3) is 1.00. The van der Waals surface area contributed by atoms with Crippen LogP contribution in [0.1, 0.15) is 0 Å². The molecule has 0 aromatic heterocycles. The van der Waals surface area contributed by atoms with Gasteiger partial charge in [0.1, 0.15) is 26.2 Å². The molecule has 0 N–H and O–H groups in total. The van der Waals surface area contributed by atoms with Crippen molar-refractivity contribution in [2.45, 2.75) is 24.3 Å². The topological polar surface area (TPSA) is 54.0 Å². The first kappa shape index (κ1) is 14.2. The molecule has 0 aromatic rings. The third-order valence-corrected chi connectivity index (χ3v) is 3.08. The van der Waals surface area contributed by atoms with Crippen LogP contribution >= 0.6 is 7.37 Å². The van der Waals surface area contributed by atoms with Gasteiger partial charge in [-0.05, 0) is 0 Å². The van der Waals surface area contributed by atoms with Gasteiger partial charge in [-0.25, -0.2) is 0 Å². The van der Waals surface area contributed by atoms with Gasteiger partial charge in [-0.3, -0.25) is 4.57 Å². The van der Waals surface area contributed by atoms with Crippen molar-refractivity contribution in [3.05, 3.63) is 0 Å². The van der Waals surface area contributed by atoms with Crippen LogP contribution in [-0.4, -0.2) is 66.3 Å². The number of ether oxygens (including phenoxy) is 3. The summed E-state index contributed by atoms with van der Waals surface area (Å²) in [5.41, 5.74) is 0. The third-order valence-electron chi connectivity index (χ3n) is 2.32. The Labute approximate surface area is 97.6 Å². The number of methoxy groups -OCH3 is 2. The van der Waals surface area contributed by atoms with Gasteiger partial charge in [0.25, 0.3) is 0 Å². The monoisotopic (exact) mass is 248 g/mol. The van der Waals surface area contributed by atoms with E-state index in [2.05, 4.69) is 0 Å². The second-order valence-electron chi connectivity index (χ2n) is 4.12. The summed E-state index contributed by atoms with van der Waals surface area (Å²) in [4.78, 5) is 0. The molecule has 1 aliphatic rings. The molecule has 1 heterocycles. The Morgan fingerprint density at radius 2 is 1.94 bits per heavy atom. The quantitative estimate of drug-likeness (QED) is 0.522. The minimum absolute atomic E-state index is 0.332. The molecule has 16 heavy (non-hydrogen) atoms. The van der Waals surface area contributed by atoms with Gasteiger partial charge in [-0.1, -0.05) is 0 Å². The predicted octanol–water partition coefficient (Wildman–Crippen LogP) is 0.464. The molecule has 0 aliphatic carbocycles. The Morgan fingerprint density at radius 3 is 2.38 bits per heavy atom. The molecule has 4 atom stereocenters. The van der Waals surface area contributed by atoms with Gasteiger partial charge in [0.15, 0.2) is 7.37 Å². The fourth-order valence-electron chi connectivity index (χ4n) is 1.74. The van der Waals surface area contributed by atoms with Gasteiger partial charge in [-0.2, -0.15) is 0 Å². The van der Waals surface area contributed by atoms with Crippen LogP contribution in [0.4, 0.5) is 0 Å². The molecule has 1 rings (SSSR count). The second kappa shape index (κ2) is 5.65. The summed E-state index contributed by atoms with van der Waals surface area (Å²) in [6.45, 7) is 3.43. The van der Waals surface area contributed by atoms with Gasteiger partial charge in [0.05, 0.1) is 6.61 Å². The van der Waals surface area contributed by atoms with E-state index in [9.17, 15) is 4.57 Å². The van der Waals surface area contributed by atoms with E-state index in [1.807, 2.05) is 0 Å².